The van der Waals surface area contributed by atoms with Crippen LogP contribution in [0, 0.1) is 16.7 Å². The van der Waals surface area contributed by atoms with Crippen LogP contribution in [0.1, 0.15) is 32.6 Å². The molecule has 0 aliphatic carbocycles. The summed E-state index contributed by atoms with van der Waals surface area (Å²) in [6.07, 6.45) is -0.329. The molecule has 0 aliphatic heterocycles. The van der Waals surface area contributed by atoms with E-state index in [9.17, 15) is 44.1 Å². The number of likely N-dealkylation sites (N-methyl/N-ethyl adjacent to an activating group) is 1. The predicted molar refractivity (Wildman–Crippen MR) is 165 cm³/mol. The first kappa shape index (κ1) is 58.6. The van der Waals surface area contributed by atoms with E-state index in [1.807, 2.05) is 0 Å². The van der Waals surface area contributed by atoms with Crippen molar-refractivity contribution in [1.29, 1.82) is 0 Å². The average molecular weight is 802 g/mol. The first-order chi connectivity index (χ1) is 22.3. The summed E-state index contributed by atoms with van der Waals surface area (Å²) in [5, 5.41) is 57.1. The van der Waals surface area contributed by atoms with Crippen LogP contribution in [-0.4, -0.2) is 121 Å². The first-order valence-corrected chi connectivity index (χ1v) is 15.5. The molecule has 282 valence electrons. The van der Waals surface area contributed by atoms with Crippen molar-refractivity contribution in [3.8, 4) is 11.8 Å². The summed E-state index contributed by atoms with van der Waals surface area (Å²) in [5.74, 6) is -5.68. The van der Waals surface area contributed by atoms with E-state index in [0.29, 0.717) is 6.61 Å². The maximum absolute atomic E-state index is 11.0. The number of hydrogen-bond acceptors (Lipinski definition) is 14. The maximum Gasteiger partial charge on any atom is 1.00 e. The Morgan fingerprint density at radius 2 is 1.42 bits per heavy atom. The molecule has 2 atom stereocenters. The molecule has 2 rings (SSSR count). The van der Waals surface area contributed by atoms with E-state index < -0.39 is 60.0 Å². The third-order valence-electron chi connectivity index (χ3n) is 5.35. The van der Waals surface area contributed by atoms with Crippen molar-refractivity contribution in [1.82, 2.24) is 9.97 Å². The number of carbonyl (C=O) groups excluding carboxylic acids is 1. The standard InChI is InChI=1S/C9H4N4O4.C7H16NO2.C5H12NO5P.C5H9NO4.ClH.2Na/c1-10-6-2-4-5(3-7(6)13(16)17)12-9(15)8(14)11-4;1-7(9)10-6-5-8(2,3)4;6-4(5(7)8)2-1-3-12(9,10)11;6-3(5(9)10)1-2-4(7)8;;;/h2-3H,(H,11,14)(H,12,15);5-6H2,1-4H3;4H,1-3,6H2,(H,7,8)(H2,9,10,11);3H,1-2,6H2,(H,7,8)(H,9,10);1H;;/q;+1;;;;2*+1/p-3/t;;4-;3-;;;/m..11.../s1. The number of nitro benzene ring substituents is 1. The van der Waals surface area contributed by atoms with Gasteiger partial charge in [0, 0.05) is 25.6 Å². The second-order valence-corrected chi connectivity index (χ2v) is 12.5. The minimum Gasteiger partial charge on any atom is -1.00 e. The third-order valence-corrected chi connectivity index (χ3v) is 6.25. The minimum absolute atomic E-state index is 0. The molecule has 1 heterocycles. The van der Waals surface area contributed by atoms with Gasteiger partial charge in [0.15, 0.2) is 0 Å². The van der Waals surface area contributed by atoms with E-state index in [1.54, 1.807) is 0 Å². The predicted octanol–water partition coefficient (Wildman–Crippen LogP) is -9.88. The molecule has 1 aromatic carbocycles. The third kappa shape index (κ3) is 29.8. The molecule has 0 amide bonds. The number of hydrogen-bond donors (Lipinski definition) is 7. The van der Waals surface area contributed by atoms with E-state index in [1.165, 1.54) is 6.92 Å². The van der Waals surface area contributed by atoms with Gasteiger partial charge in [-0.15, -0.1) is 0 Å². The number of nitro groups is 1. The van der Waals surface area contributed by atoms with Gasteiger partial charge < -0.3 is 68.4 Å². The number of aliphatic carboxylic acids is 3. The molecule has 0 radical (unpaired) electrons. The monoisotopic (exact) mass is 801 g/mol. The summed E-state index contributed by atoms with van der Waals surface area (Å²) < 4.78 is 15.9. The van der Waals surface area contributed by atoms with Gasteiger partial charge >= 0.3 is 90.6 Å². The van der Waals surface area contributed by atoms with Crippen molar-refractivity contribution in [3.05, 3.63) is 33.7 Å². The molecule has 0 bridgehead atoms. The van der Waals surface area contributed by atoms with Crippen LogP contribution in [0.25, 0.3) is 15.9 Å². The number of rotatable bonds is 13. The molecular weight excluding hydrogens is 763 g/mol. The Labute approximate surface area is 348 Å². The summed E-state index contributed by atoms with van der Waals surface area (Å²) in [6.45, 7) is 9.58. The second kappa shape index (κ2) is 28.7. The molecule has 0 saturated carbocycles. The molecule has 0 aliphatic rings. The maximum atomic E-state index is 11.0. The van der Waals surface area contributed by atoms with Crippen LogP contribution in [-0.2, 0) is 28.5 Å². The Morgan fingerprint density at radius 3 is 1.77 bits per heavy atom. The molecule has 26 heteroatoms. The number of carbonyl (C=O) groups is 4. The normalized spacial score (nSPS) is 11.1. The number of nitrogens with zero attached hydrogens (tertiary/aromatic N) is 5. The number of aromatic nitrogens is 2. The van der Waals surface area contributed by atoms with Gasteiger partial charge in [0.2, 0.25) is 0 Å². The Morgan fingerprint density at radius 1 is 0.981 bits per heavy atom. The minimum atomic E-state index is -4.00. The van der Waals surface area contributed by atoms with Gasteiger partial charge in [-0.3, -0.25) is 43.8 Å². The number of esters is 1. The molecule has 9 N–H and O–H groups in total. The number of ether oxygens (including phenoxy) is 1. The number of quaternary nitrogens is 1. The van der Waals surface area contributed by atoms with Gasteiger partial charge in [0.1, 0.15) is 25.2 Å². The molecule has 1 aromatic heterocycles. The molecule has 0 saturated heterocycles. The van der Waals surface area contributed by atoms with Gasteiger partial charge in [0.05, 0.1) is 43.7 Å². The Balaban J connectivity index is -0.000000191. The summed E-state index contributed by atoms with van der Waals surface area (Å²) in [4.78, 5) is 76.7. The fourth-order valence-electron chi connectivity index (χ4n) is 2.79. The zero-order chi connectivity index (χ0) is 38.7. The number of fused-ring (bicyclic) bond motifs is 1. The Kier molecular flexibility index (Phi) is 32.3. The number of halogens is 1. The van der Waals surface area contributed by atoms with Crippen molar-refractivity contribution in [2.45, 2.75) is 44.7 Å². The van der Waals surface area contributed by atoms with Gasteiger partial charge in [-0.2, -0.15) is 0 Å². The Bertz CT molecular complexity index is 1560. The van der Waals surface area contributed by atoms with E-state index in [2.05, 4.69) is 36.0 Å². The molecule has 52 heavy (non-hydrogen) atoms. The fourth-order valence-corrected chi connectivity index (χ4v) is 3.38. The fraction of sp³-hybridized carbons (Fsp3) is 0.500. The number of benzene rings is 1. The first-order valence-electron chi connectivity index (χ1n) is 13.7. The Hall–Kier alpha value is -2.75. The number of nitrogens with two attached hydrogens (primary N) is 2. The van der Waals surface area contributed by atoms with E-state index in [4.69, 9.17) is 47.9 Å². The topological polar surface area (TPSA) is 367 Å². The molecule has 22 nitrogen and oxygen atoms in total. The van der Waals surface area contributed by atoms with Gasteiger partial charge in [-0.1, -0.05) is 0 Å². The molecule has 0 fully saturated rings. The van der Waals surface area contributed by atoms with Crippen molar-refractivity contribution in [2.24, 2.45) is 11.5 Å². The second-order valence-electron chi connectivity index (χ2n) is 10.7. The molecule has 0 unspecified atom stereocenters. The van der Waals surface area contributed by atoms with Crippen LogP contribution in [0.4, 0.5) is 11.4 Å². The van der Waals surface area contributed by atoms with E-state index in [-0.39, 0.29) is 126 Å². The van der Waals surface area contributed by atoms with Gasteiger partial charge in [-0.25, -0.2) is 4.85 Å². The van der Waals surface area contributed by atoms with Crippen molar-refractivity contribution < 1.29 is 145 Å². The van der Waals surface area contributed by atoms with Crippen molar-refractivity contribution in [2.75, 3.05) is 40.5 Å². The SMILES string of the molecule is CC(=O)OCC[N+](C)(C)C.N[C@H](CCC(=O)O)C(=O)O.N[C@H](CCCP(=O)(O)O)C(=O)O.[C-]#[N+]c1cc2nc([O-])c([O-])nc2cc1[N+](=O)[O-].[Cl-].[Na+].[Na+]. The zero-order valence-electron chi connectivity index (χ0n) is 29.3. The van der Waals surface area contributed by atoms with Crippen LogP contribution in [0.3, 0.4) is 0 Å². The smallest absolute Gasteiger partial charge is 1.00 e. The largest absolute Gasteiger partial charge is 1.00 e. The van der Waals surface area contributed by atoms with E-state index >= 15 is 0 Å². The van der Waals surface area contributed by atoms with Crippen LogP contribution >= 0.6 is 7.60 Å². The van der Waals surface area contributed by atoms with Crippen LogP contribution < -0.4 is 93.2 Å². The summed E-state index contributed by atoms with van der Waals surface area (Å²) >= 11 is 0. The summed E-state index contributed by atoms with van der Waals surface area (Å²) in [5.41, 5.74) is 9.28. The van der Waals surface area contributed by atoms with E-state index in [0.717, 1.165) is 23.2 Å². The zero-order valence-corrected chi connectivity index (χ0v) is 34.9. The molecule has 0 spiro atoms. The average Bonchev–Trinajstić information content (AvgIpc) is 2.95. The van der Waals surface area contributed by atoms with Crippen LogP contribution in [0.2, 0.25) is 0 Å². The quantitative estimate of drug-likeness (QED) is 0.0188. The van der Waals surface area contributed by atoms with Crippen LogP contribution in [0.15, 0.2) is 12.1 Å². The van der Waals surface area contributed by atoms with Crippen molar-refractivity contribution >= 4 is 53.9 Å². The molecule has 2 aromatic rings. The van der Waals surface area contributed by atoms with Gasteiger partial charge in [-0.05, 0) is 37.1 Å². The molecular formula is C26H39ClN7Na2O15P. The van der Waals surface area contributed by atoms with Crippen LogP contribution in [0.5, 0.6) is 11.8 Å². The number of carboxylic acid groups (broad SMARTS) is 3. The summed E-state index contributed by atoms with van der Waals surface area (Å²) in [6, 6.07) is -0.0714. The number of carboxylic acids is 3. The van der Waals surface area contributed by atoms with Gasteiger partial charge in [0.25, 0.3) is 11.4 Å². The summed E-state index contributed by atoms with van der Waals surface area (Å²) in [7, 11) is 2.18. The van der Waals surface area contributed by atoms with Crippen molar-refractivity contribution in [3.63, 3.8) is 0 Å².